The molecular weight excluding hydrogens is 304 g/mol. The summed E-state index contributed by atoms with van der Waals surface area (Å²) in [5.74, 6) is -4.28. The summed E-state index contributed by atoms with van der Waals surface area (Å²) in [5, 5.41) is 14.1. The summed E-state index contributed by atoms with van der Waals surface area (Å²) in [5.41, 5.74) is -1.70. The van der Waals surface area contributed by atoms with Crippen LogP contribution in [0.1, 0.15) is 24.8 Å². The third-order valence-corrected chi connectivity index (χ3v) is 4.84. The fraction of sp³-hybridized carbons (Fsp3) is 0.588. The largest absolute Gasteiger partial charge is 0.463 e. The van der Waals surface area contributed by atoms with Crippen LogP contribution >= 0.6 is 0 Å². The highest BCUT2D eigenvalue weighted by atomic mass is 19.3. The summed E-state index contributed by atoms with van der Waals surface area (Å²) >= 11 is 0. The van der Waals surface area contributed by atoms with Crippen molar-refractivity contribution >= 4 is 5.97 Å². The van der Waals surface area contributed by atoms with Gasteiger partial charge in [0.1, 0.15) is 0 Å². The summed E-state index contributed by atoms with van der Waals surface area (Å²) < 4.78 is 32.5. The standard InChI is InChI=1S/C17H21F2NO3/c18-16(19)7-6-14(8-16)17(22,13-4-2-1-3-5-13)15(21)23-11-12-9-20-10-12/h1-5,12,14,20,22H,6-11H2/t14-,17+/m1/s1. The van der Waals surface area contributed by atoms with Gasteiger partial charge in [0, 0.05) is 37.8 Å². The molecule has 1 aliphatic carbocycles. The van der Waals surface area contributed by atoms with Crippen LogP contribution in [-0.2, 0) is 15.1 Å². The van der Waals surface area contributed by atoms with Crippen LogP contribution in [0.4, 0.5) is 8.78 Å². The third kappa shape index (κ3) is 3.23. The van der Waals surface area contributed by atoms with Crippen LogP contribution in [0.5, 0.6) is 0 Å². The lowest BCUT2D eigenvalue weighted by atomic mass is 9.80. The molecule has 1 heterocycles. The quantitative estimate of drug-likeness (QED) is 0.814. The Kier molecular flexibility index (Phi) is 4.38. The summed E-state index contributed by atoms with van der Waals surface area (Å²) in [4.78, 5) is 12.6. The first-order valence-corrected chi connectivity index (χ1v) is 7.95. The molecule has 1 aliphatic heterocycles. The number of hydrogen-bond donors (Lipinski definition) is 2. The molecule has 2 aliphatic rings. The molecule has 2 atom stereocenters. The van der Waals surface area contributed by atoms with Crippen LogP contribution in [0.15, 0.2) is 30.3 Å². The zero-order chi connectivity index (χ0) is 16.5. The van der Waals surface area contributed by atoms with Crippen molar-refractivity contribution in [3.63, 3.8) is 0 Å². The SMILES string of the molecule is O=C(OCC1CNC1)[C@](O)(c1ccccc1)[C@@H]1CCC(F)(F)C1. The van der Waals surface area contributed by atoms with Gasteiger partial charge in [-0.05, 0) is 12.0 Å². The maximum atomic E-state index is 13.6. The number of carbonyl (C=O) groups is 1. The van der Waals surface area contributed by atoms with Crippen molar-refractivity contribution in [3.05, 3.63) is 35.9 Å². The normalized spacial score (nSPS) is 26.3. The number of rotatable bonds is 5. The molecule has 1 aromatic rings. The molecule has 0 spiro atoms. The molecule has 3 rings (SSSR count). The Hall–Kier alpha value is -1.53. The molecule has 0 amide bonds. The second-order valence-corrected chi connectivity index (χ2v) is 6.55. The zero-order valence-electron chi connectivity index (χ0n) is 12.8. The lowest BCUT2D eigenvalue weighted by molar-refractivity contribution is -0.176. The van der Waals surface area contributed by atoms with E-state index < -0.39 is 29.8 Å². The van der Waals surface area contributed by atoms with E-state index in [2.05, 4.69) is 5.32 Å². The molecule has 1 aromatic carbocycles. The smallest absolute Gasteiger partial charge is 0.343 e. The van der Waals surface area contributed by atoms with Gasteiger partial charge in [-0.1, -0.05) is 30.3 Å². The fourth-order valence-corrected chi connectivity index (χ4v) is 3.29. The number of halogens is 2. The number of benzene rings is 1. The van der Waals surface area contributed by atoms with E-state index in [4.69, 9.17) is 4.74 Å². The molecule has 0 unspecified atom stereocenters. The van der Waals surface area contributed by atoms with E-state index in [0.717, 1.165) is 13.1 Å². The van der Waals surface area contributed by atoms with E-state index in [1.165, 1.54) is 0 Å². The van der Waals surface area contributed by atoms with Crippen molar-refractivity contribution in [2.45, 2.75) is 30.8 Å². The minimum Gasteiger partial charge on any atom is -0.463 e. The maximum absolute atomic E-state index is 13.6. The molecule has 0 radical (unpaired) electrons. The molecule has 6 heteroatoms. The number of hydrogen-bond acceptors (Lipinski definition) is 4. The van der Waals surface area contributed by atoms with Gasteiger partial charge in [0.05, 0.1) is 6.61 Å². The molecule has 2 fully saturated rings. The van der Waals surface area contributed by atoms with Gasteiger partial charge in [0.15, 0.2) is 5.60 Å². The summed E-state index contributed by atoms with van der Waals surface area (Å²) in [6.07, 6.45) is -0.719. The Labute approximate surface area is 133 Å². The van der Waals surface area contributed by atoms with E-state index in [1.807, 2.05) is 0 Å². The molecule has 0 aromatic heterocycles. The number of esters is 1. The van der Waals surface area contributed by atoms with Gasteiger partial charge in [-0.3, -0.25) is 0 Å². The number of ether oxygens (including phenoxy) is 1. The van der Waals surface area contributed by atoms with Crippen molar-refractivity contribution < 1.29 is 23.4 Å². The van der Waals surface area contributed by atoms with E-state index in [0.29, 0.717) is 5.56 Å². The van der Waals surface area contributed by atoms with E-state index in [-0.39, 0.29) is 25.4 Å². The van der Waals surface area contributed by atoms with E-state index in [9.17, 15) is 18.7 Å². The summed E-state index contributed by atoms with van der Waals surface area (Å²) in [6, 6.07) is 8.27. The monoisotopic (exact) mass is 325 g/mol. The molecule has 2 N–H and O–H groups in total. The van der Waals surface area contributed by atoms with Crippen LogP contribution in [-0.4, -0.2) is 36.7 Å². The first kappa shape index (κ1) is 16.3. The average Bonchev–Trinajstić information content (AvgIpc) is 2.86. The predicted octanol–water partition coefficient (Wildman–Crippen LogP) is 2.07. The molecule has 126 valence electrons. The van der Waals surface area contributed by atoms with Crippen LogP contribution in [0.25, 0.3) is 0 Å². The first-order chi connectivity index (χ1) is 10.9. The topological polar surface area (TPSA) is 58.6 Å². The van der Waals surface area contributed by atoms with Crippen molar-refractivity contribution in [2.75, 3.05) is 19.7 Å². The maximum Gasteiger partial charge on any atom is 0.343 e. The molecule has 0 bridgehead atoms. The van der Waals surface area contributed by atoms with E-state index in [1.54, 1.807) is 30.3 Å². The molecular formula is C17H21F2NO3. The minimum absolute atomic E-state index is 0.0957. The van der Waals surface area contributed by atoms with Gasteiger partial charge < -0.3 is 15.2 Å². The van der Waals surface area contributed by atoms with Gasteiger partial charge in [-0.2, -0.15) is 0 Å². The van der Waals surface area contributed by atoms with Gasteiger partial charge in [0.2, 0.25) is 5.92 Å². The van der Waals surface area contributed by atoms with Crippen molar-refractivity contribution in [1.82, 2.24) is 5.32 Å². The Morgan fingerprint density at radius 3 is 2.57 bits per heavy atom. The molecule has 4 nitrogen and oxygen atoms in total. The Bertz CT molecular complexity index is 562. The van der Waals surface area contributed by atoms with Crippen LogP contribution in [0.2, 0.25) is 0 Å². The Morgan fingerprint density at radius 1 is 1.35 bits per heavy atom. The van der Waals surface area contributed by atoms with Gasteiger partial charge in [-0.25, -0.2) is 13.6 Å². The first-order valence-electron chi connectivity index (χ1n) is 7.95. The van der Waals surface area contributed by atoms with Gasteiger partial charge in [-0.15, -0.1) is 0 Å². The van der Waals surface area contributed by atoms with Crippen molar-refractivity contribution in [1.29, 1.82) is 0 Å². The molecule has 1 saturated carbocycles. The number of nitrogens with one attached hydrogen (secondary N) is 1. The molecule has 1 saturated heterocycles. The van der Waals surface area contributed by atoms with Gasteiger partial charge >= 0.3 is 5.97 Å². The van der Waals surface area contributed by atoms with Crippen LogP contribution in [0, 0.1) is 11.8 Å². The van der Waals surface area contributed by atoms with Crippen LogP contribution < -0.4 is 5.32 Å². The fourth-order valence-electron chi connectivity index (χ4n) is 3.29. The van der Waals surface area contributed by atoms with Crippen molar-refractivity contribution in [2.24, 2.45) is 11.8 Å². The Balaban J connectivity index is 1.82. The highest BCUT2D eigenvalue weighted by Crippen LogP contribution is 2.47. The van der Waals surface area contributed by atoms with Crippen LogP contribution in [0.3, 0.4) is 0 Å². The van der Waals surface area contributed by atoms with E-state index >= 15 is 0 Å². The summed E-state index contributed by atoms with van der Waals surface area (Å²) in [6.45, 7) is 1.72. The average molecular weight is 325 g/mol. The second kappa shape index (κ2) is 6.17. The highest BCUT2D eigenvalue weighted by Gasteiger charge is 2.54. The minimum atomic E-state index is -2.84. The highest BCUT2D eigenvalue weighted by molar-refractivity contribution is 5.81. The summed E-state index contributed by atoms with van der Waals surface area (Å²) in [7, 11) is 0. The van der Waals surface area contributed by atoms with Gasteiger partial charge in [0.25, 0.3) is 0 Å². The second-order valence-electron chi connectivity index (χ2n) is 6.55. The number of aliphatic hydroxyl groups is 1. The number of carbonyl (C=O) groups excluding carboxylic acids is 1. The predicted molar refractivity (Wildman–Crippen MR) is 79.9 cm³/mol. The Morgan fingerprint density at radius 2 is 2.04 bits per heavy atom. The number of alkyl halides is 2. The lowest BCUT2D eigenvalue weighted by Gasteiger charge is -2.34. The lowest BCUT2D eigenvalue weighted by Crippen LogP contribution is -2.48. The zero-order valence-corrected chi connectivity index (χ0v) is 12.8. The molecule has 23 heavy (non-hydrogen) atoms. The van der Waals surface area contributed by atoms with Crippen molar-refractivity contribution in [3.8, 4) is 0 Å². The third-order valence-electron chi connectivity index (χ3n) is 4.84.